The van der Waals surface area contributed by atoms with Crippen molar-refractivity contribution in [3.05, 3.63) is 53.5 Å². The molecule has 0 spiro atoms. The highest BCUT2D eigenvalue weighted by atomic mass is 19.3. The number of amides is 1. The fraction of sp³-hybridized carbons (Fsp3) is 0.214. The highest BCUT2D eigenvalue weighted by Crippen LogP contribution is 2.15. The number of halogens is 2. The molecule has 118 valence electrons. The fourth-order valence-electron chi connectivity index (χ4n) is 2.00. The summed E-state index contributed by atoms with van der Waals surface area (Å²) in [6.07, 6.45) is 1.65. The zero-order valence-electron chi connectivity index (χ0n) is 12.1. The maximum Gasteiger partial charge on any atom is 0.280 e. The number of aryl methyl sites for hydroxylation is 1. The van der Waals surface area contributed by atoms with Crippen molar-refractivity contribution in [3.8, 4) is 0 Å². The van der Waals surface area contributed by atoms with E-state index in [2.05, 4.69) is 25.4 Å². The van der Waals surface area contributed by atoms with Gasteiger partial charge < -0.3 is 5.32 Å². The molecule has 0 saturated heterocycles. The van der Waals surface area contributed by atoms with Gasteiger partial charge in [-0.05, 0) is 19.1 Å². The SMILES string of the molecule is Cc1ccn2ncc(C(=O)NCc3nccc(C(F)F)n3)c2n1. The molecule has 0 radical (unpaired) electrons. The molecular weight excluding hydrogens is 306 g/mol. The van der Waals surface area contributed by atoms with Crippen LogP contribution in [0.3, 0.4) is 0 Å². The van der Waals surface area contributed by atoms with Crippen LogP contribution >= 0.6 is 0 Å². The van der Waals surface area contributed by atoms with Crippen molar-refractivity contribution in [2.75, 3.05) is 0 Å². The molecule has 9 heteroatoms. The van der Waals surface area contributed by atoms with Gasteiger partial charge in [-0.15, -0.1) is 0 Å². The summed E-state index contributed by atoms with van der Waals surface area (Å²) in [6, 6.07) is 2.90. The Kier molecular flexibility index (Phi) is 3.92. The van der Waals surface area contributed by atoms with E-state index < -0.39 is 12.3 Å². The molecule has 0 aromatic carbocycles. The Morgan fingerprint density at radius 2 is 2.17 bits per heavy atom. The number of carbonyl (C=O) groups is 1. The number of rotatable bonds is 4. The van der Waals surface area contributed by atoms with Crippen LogP contribution in [-0.2, 0) is 6.54 Å². The van der Waals surface area contributed by atoms with Gasteiger partial charge in [-0.25, -0.2) is 28.2 Å². The minimum atomic E-state index is -2.68. The predicted octanol–water partition coefficient (Wildman–Crippen LogP) is 1.70. The van der Waals surface area contributed by atoms with E-state index >= 15 is 0 Å². The molecule has 3 aromatic heterocycles. The summed E-state index contributed by atoms with van der Waals surface area (Å²) < 4.78 is 26.7. The maximum atomic E-state index is 12.6. The monoisotopic (exact) mass is 318 g/mol. The molecule has 3 heterocycles. The highest BCUT2D eigenvalue weighted by molar-refractivity contribution is 5.99. The van der Waals surface area contributed by atoms with E-state index in [4.69, 9.17) is 0 Å². The van der Waals surface area contributed by atoms with E-state index in [0.717, 1.165) is 11.8 Å². The third-order valence-electron chi connectivity index (χ3n) is 3.11. The van der Waals surface area contributed by atoms with Gasteiger partial charge in [0.1, 0.15) is 17.1 Å². The number of nitrogens with zero attached hydrogens (tertiary/aromatic N) is 5. The molecule has 1 amide bonds. The van der Waals surface area contributed by atoms with Gasteiger partial charge in [0, 0.05) is 18.1 Å². The Morgan fingerprint density at radius 3 is 2.96 bits per heavy atom. The minimum absolute atomic E-state index is 0.0669. The minimum Gasteiger partial charge on any atom is -0.345 e. The third-order valence-corrected chi connectivity index (χ3v) is 3.11. The predicted molar refractivity (Wildman–Crippen MR) is 75.9 cm³/mol. The van der Waals surface area contributed by atoms with Gasteiger partial charge in [-0.2, -0.15) is 5.10 Å². The van der Waals surface area contributed by atoms with Crippen LogP contribution in [0.4, 0.5) is 8.78 Å². The van der Waals surface area contributed by atoms with Gasteiger partial charge in [0.2, 0.25) is 0 Å². The van der Waals surface area contributed by atoms with Gasteiger partial charge in [0.15, 0.2) is 5.65 Å². The third kappa shape index (κ3) is 3.12. The highest BCUT2D eigenvalue weighted by Gasteiger charge is 2.15. The number of nitrogens with one attached hydrogen (secondary N) is 1. The average Bonchev–Trinajstić information content (AvgIpc) is 2.96. The van der Waals surface area contributed by atoms with E-state index in [-0.39, 0.29) is 18.1 Å². The van der Waals surface area contributed by atoms with E-state index in [1.807, 2.05) is 0 Å². The number of fused-ring (bicyclic) bond motifs is 1. The first-order valence-electron chi connectivity index (χ1n) is 6.74. The molecule has 0 aliphatic carbocycles. The van der Waals surface area contributed by atoms with Crippen molar-refractivity contribution in [3.63, 3.8) is 0 Å². The molecule has 0 aliphatic heterocycles. The fourth-order valence-corrected chi connectivity index (χ4v) is 2.00. The first-order valence-corrected chi connectivity index (χ1v) is 6.74. The van der Waals surface area contributed by atoms with Crippen LogP contribution in [-0.4, -0.2) is 30.5 Å². The summed E-state index contributed by atoms with van der Waals surface area (Å²) in [5.41, 5.74) is 1.08. The van der Waals surface area contributed by atoms with Crippen molar-refractivity contribution in [2.24, 2.45) is 0 Å². The summed E-state index contributed by atoms with van der Waals surface area (Å²) in [4.78, 5) is 24.0. The number of carbonyl (C=O) groups excluding carboxylic acids is 1. The largest absolute Gasteiger partial charge is 0.345 e. The van der Waals surface area contributed by atoms with Crippen LogP contribution in [0, 0.1) is 6.92 Å². The molecule has 0 bridgehead atoms. The van der Waals surface area contributed by atoms with E-state index in [0.29, 0.717) is 11.2 Å². The van der Waals surface area contributed by atoms with Crippen LogP contribution in [0.1, 0.15) is 34.0 Å². The smallest absolute Gasteiger partial charge is 0.280 e. The van der Waals surface area contributed by atoms with Crippen molar-refractivity contribution in [1.82, 2.24) is 29.9 Å². The van der Waals surface area contributed by atoms with Gasteiger partial charge in [0.25, 0.3) is 12.3 Å². The molecule has 0 aliphatic rings. The van der Waals surface area contributed by atoms with Crippen LogP contribution in [0.2, 0.25) is 0 Å². The second-order valence-corrected chi connectivity index (χ2v) is 4.78. The van der Waals surface area contributed by atoms with Crippen LogP contribution in [0.25, 0.3) is 5.65 Å². The molecule has 0 unspecified atom stereocenters. The lowest BCUT2D eigenvalue weighted by atomic mass is 10.3. The molecule has 0 saturated carbocycles. The van der Waals surface area contributed by atoms with Gasteiger partial charge >= 0.3 is 0 Å². The van der Waals surface area contributed by atoms with Crippen molar-refractivity contribution in [2.45, 2.75) is 19.9 Å². The van der Waals surface area contributed by atoms with Crippen molar-refractivity contribution in [1.29, 1.82) is 0 Å². The van der Waals surface area contributed by atoms with E-state index in [1.165, 1.54) is 16.9 Å². The second kappa shape index (κ2) is 6.03. The van der Waals surface area contributed by atoms with E-state index in [1.54, 1.807) is 19.2 Å². The molecule has 3 aromatic rings. The maximum absolute atomic E-state index is 12.6. The van der Waals surface area contributed by atoms with Crippen LogP contribution in [0.5, 0.6) is 0 Å². The summed E-state index contributed by atoms with van der Waals surface area (Å²) in [7, 11) is 0. The van der Waals surface area contributed by atoms with E-state index in [9.17, 15) is 13.6 Å². The topological polar surface area (TPSA) is 85.1 Å². The lowest BCUT2D eigenvalue weighted by Crippen LogP contribution is -2.24. The van der Waals surface area contributed by atoms with Gasteiger partial charge in [-0.1, -0.05) is 0 Å². The quantitative estimate of drug-likeness (QED) is 0.791. The Bertz CT molecular complexity index is 863. The zero-order valence-corrected chi connectivity index (χ0v) is 12.1. The van der Waals surface area contributed by atoms with Gasteiger partial charge in [-0.3, -0.25) is 4.79 Å². The standard InChI is InChI=1S/C14H12F2N6O/c1-8-3-5-22-13(20-8)9(6-19-22)14(23)18-7-11-17-4-2-10(21-11)12(15)16/h2-6,12H,7H2,1H3,(H,18,23). The number of aromatic nitrogens is 5. The molecule has 1 N–H and O–H groups in total. The normalized spacial score (nSPS) is 11.1. The Balaban J connectivity index is 1.76. The van der Waals surface area contributed by atoms with Crippen molar-refractivity contribution < 1.29 is 13.6 Å². The molecular formula is C14H12F2N6O. The summed E-state index contributed by atoms with van der Waals surface area (Å²) in [5.74, 6) is -0.319. The Morgan fingerprint density at radius 1 is 1.35 bits per heavy atom. The molecule has 0 fully saturated rings. The molecule has 23 heavy (non-hydrogen) atoms. The molecule has 7 nitrogen and oxygen atoms in total. The Hall–Kier alpha value is -2.97. The summed E-state index contributed by atoms with van der Waals surface area (Å²) >= 11 is 0. The molecule has 3 rings (SSSR count). The Labute approximate surface area is 129 Å². The average molecular weight is 318 g/mol. The van der Waals surface area contributed by atoms with Crippen molar-refractivity contribution >= 4 is 11.6 Å². The summed E-state index contributed by atoms with van der Waals surface area (Å²) in [6.45, 7) is 1.74. The van der Waals surface area contributed by atoms with Crippen LogP contribution in [0.15, 0.2) is 30.7 Å². The first-order chi connectivity index (χ1) is 11.0. The lowest BCUT2D eigenvalue weighted by Gasteiger charge is -2.05. The second-order valence-electron chi connectivity index (χ2n) is 4.78. The number of hydrogen-bond acceptors (Lipinski definition) is 5. The van der Waals surface area contributed by atoms with Gasteiger partial charge in [0.05, 0.1) is 12.7 Å². The molecule has 0 atom stereocenters. The zero-order chi connectivity index (χ0) is 16.4. The lowest BCUT2D eigenvalue weighted by molar-refractivity contribution is 0.0951. The first kappa shape index (κ1) is 14.9. The number of hydrogen-bond donors (Lipinski definition) is 1. The number of alkyl halides is 2. The summed E-state index contributed by atoms with van der Waals surface area (Å²) in [5, 5.41) is 6.61. The van der Waals surface area contributed by atoms with Crippen LogP contribution < -0.4 is 5.32 Å².